The Bertz CT molecular complexity index is 494. The van der Waals surface area contributed by atoms with Crippen LogP contribution in [0.15, 0.2) is 42.5 Å². The summed E-state index contributed by atoms with van der Waals surface area (Å²) in [5, 5.41) is 3.87. The van der Waals surface area contributed by atoms with Crippen LogP contribution in [0.3, 0.4) is 0 Å². The van der Waals surface area contributed by atoms with Crippen molar-refractivity contribution in [1.82, 2.24) is 0 Å². The molecule has 0 fully saturated rings. The number of nitrogen functional groups attached to an aromatic ring is 1. The van der Waals surface area contributed by atoms with Crippen LogP contribution in [0.2, 0.25) is 5.02 Å². The third-order valence-electron chi connectivity index (χ3n) is 2.18. The maximum absolute atomic E-state index is 6.09. The van der Waals surface area contributed by atoms with Crippen molar-refractivity contribution < 1.29 is 0 Å². The first-order valence-electron chi connectivity index (χ1n) is 4.74. The highest BCUT2D eigenvalue weighted by atomic mass is 127. The molecule has 0 atom stereocenters. The highest BCUT2D eigenvalue weighted by Crippen LogP contribution is 2.32. The lowest BCUT2D eigenvalue weighted by atomic mass is 10.2. The van der Waals surface area contributed by atoms with Crippen molar-refractivity contribution in [2.75, 3.05) is 11.1 Å². The molecule has 0 unspecified atom stereocenters. The van der Waals surface area contributed by atoms with E-state index in [9.17, 15) is 0 Å². The van der Waals surface area contributed by atoms with E-state index in [1.165, 1.54) is 0 Å². The van der Waals surface area contributed by atoms with Crippen molar-refractivity contribution >= 4 is 51.3 Å². The van der Waals surface area contributed by atoms with Gasteiger partial charge in [-0.15, -0.1) is 0 Å². The monoisotopic (exact) mass is 344 g/mol. The van der Waals surface area contributed by atoms with Gasteiger partial charge in [-0.05, 0) is 46.9 Å². The first-order valence-corrected chi connectivity index (χ1v) is 6.19. The molecule has 0 spiro atoms. The van der Waals surface area contributed by atoms with Crippen LogP contribution in [0.25, 0.3) is 0 Å². The van der Waals surface area contributed by atoms with Crippen LogP contribution in [-0.4, -0.2) is 0 Å². The van der Waals surface area contributed by atoms with Crippen LogP contribution in [0.4, 0.5) is 17.1 Å². The zero-order valence-electron chi connectivity index (χ0n) is 8.37. The van der Waals surface area contributed by atoms with Gasteiger partial charge in [0.25, 0.3) is 0 Å². The molecule has 82 valence electrons. The van der Waals surface area contributed by atoms with Gasteiger partial charge in [-0.3, -0.25) is 0 Å². The number of halogens is 2. The fourth-order valence-corrected chi connectivity index (χ4v) is 2.12. The van der Waals surface area contributed by atoms with Gasteiger partial charge < -0.3 is 11.1 Å². The number of anilines is 3. The van der Waals surface area contributed by atoms with Gasteiger partial charge >= 0.3 is 0 Å². The summed E-state index contributed by atoms with van der Waals surface area (Å²) in [6, 6.07) is 13.4. The Morgan fingerprint density at radius 1 is 1.06 bits per heavy atom. The van der Waals surface area contributed by atoms with Gasteiger partial charge in [0.1, 0.15) is 0 Å². The zero-order valence-corrected chi connectivity index (χ0v) is 11.3. The lowest BCUT2D eigenvalue weighted by Gasteiger charge is -2.12. The summed E-state index contributed by atoms with van der Waals surface area (Å²) >= 11 is 8.35. The molecule has 2 rings (SSSR count). The molecule has 0 heterocycles. The van der Waals surface area contributed by atoms with E-state index < -0.39 is 0 Å². The molecule has 16 heavy (non-hydrogen) atoms. The van der Waals surface area contributed by atoms with Gasteiger partial charge in [0.05, 0.1) is 22.1 Å². The van der Waals surface area contributed by atoms with Gasteiger partial charge in [0.2, 0.25) is 0 Å². The smallest absolute Gasteiger partial charge is 0.0807 e. The van der Waals surface area contributed by atoms with Crippen molar-refractivity contribution in [3.05, 3.63) is 51.1 Å². The number of nitrogens with two attached hydrogens (primary N) is 1. The number of nitrogens with one attached hydrogen (secondary N) is 1. The largest absolute Gasteiger partial charge is 0.397 e. The highest BCUT2D eigenvalue weighted by molar-refractivity contribution is 14.1. The third-order valence-corrected chi connectivity index (χ3v) is 3.44. The van der Waals surface area contributed by atoms with Crippen molar-refractivity contribution in [1.29, 1.82) is 0 Å². The van der Waals surface area contributed by atoms with E-state index in [2.05, 4.69) is 27.9 Å². The Kier molecular flexibility index (Phi) is 3.56. The van der Waals surface area contributed by atoms with Crippen LogP contribution in [-0.2, 0) is 0 Å². The summed E-state index contributed by atoms with van der Waals surface area (Å²) in [4.78, 5) is 0. The molecule has 2 aromatic carbocycles. The maximum atomic E-state index is 6.09. The summed E-state index contributed by atoms with van der Waals surface area (Å²) < 4.78 is 1.12. The second kappa shape index (κ2) is 4.93. The Hall–Kier alpha value is -0.940. The number of hydrogen-bond acceptors (Lipinski definition) is 2. The average Bonchev–Trinajstić information content (AvgIpc) is 2.26. The molecular formula is C12H10ClIN2. The molecule has 0 radical (unpaired) electrons. The first kappa shape index (κ1) is 11.5. The second-order valence-electron chi connectivity index (χ2n) is 3.31. The summed E-state index contributed by atoms with van der Waals surface area (Å²) in [5.74, 6) is 0. The molecular weight excluding hydrogens is 335 g/mol. The Morgan fingerprint density at radius 2 is 1.81 bits per heavy atom. The van der Waals surface area contributed by atoms with Crippen LogP contribution in [0.1, 0.15) is 0 Å². The van der Waals surface area contributed by atoms with Gasteiger partial charge in [-0.2, -0.15) is 0 Å². The summed E-state index contributed by atoms with van der Waals surface area (Å²) in [6.07, 6.45) is 0. The first-order chi connectivity index (χ1) is 7.68. The summed E-state index contributed by atoms with van der Waals surface area (Å²) in [6.45, 7) is 0. The maximum Gasteiger partial charge on any atom is 0.0807 e. The average molecular weight is 345 g/mol. The minimum absolute atomic E-state index is 0.625. The Labute approximate surface area is 113 Å². The lowest BCUT2D eigenvalue weighted by molar-refractivity contribution is 1.52. The van der Waals surface area contributed by atoms with Crippen molar-refractivity contribution in [2.45, 2.75) is 0 Å². The van der Waals surface area contributed by atoms with Crippen molar-refractivity contribution in [3.63, 3.8) is 0 Å². The van der Waals surface area contributed by atoms with E-state index in [-0.39, 0.29) is 0 Å². The highest BCUT2D eigenvalue weighted by Gasteiger charge is 2.05. The molecule has 4 heteroatoms. The summed E-state index contributed by atoms with van der Waals surface area (Å²) in [7, 11) is 0. The third kappa shape index (κ3) is 2.41. The van der Waals surface area contributed by atoms with E-state index in [0.717, 1.165) is 14.9 Å². The predicted molar refractivity (Wildman–Crippen MR) is 78.3 cm³/mol. The van der Waals surface area contributed by atoms with Crippen molar-refractivity contribution in [3.8, 4) is 0 Å². The lowest BCUT2D eigenvalue weighted by Crippen LogP contribution is -1.98. The molecule has 0 amide bonds. The number of rotatable bonds is 2. The van der Waals surface area contributed by atoms with Gasteiger partial charge in [0.15, 0.2) is 0 Å². The van der Waals surface area contributed by atoms with Crippen LogP contribution < -0.4 is 11.1 Å². The quantitative estimate of drug-likeness (QED) is 0.631. The number of hydrogen-bond donors (Lipinski definition) is 2. The molecule has 0 bridgehead atoms. The molecule has 0 saturated carbocycles. The number of para-hydroxylation sites is 2. The molecule has 0 aliphatic carbocycles. The van der Waals surface area contributed by atoms with Gasteiger partial charge in [0, 0.05) is 3.57 Å². The molecule has 2 aromatic rings. The molecule has 0 aromatic heterocycles. The fourth-order valence-electron chi connectivity index (χ4n) is 1.37. The van der Waals surface area contributed by atoms with Gasteiger partial charge in [-0.25, -0.2) is 0 Å². The minimum atomic E-state index is 0.625. The van der Waals surface area contributed by atoms with E-state index in [4.69, 9.17) is 17.3 Å². The minimum Gasteiger partial charge on any atom is -0.397 e. The van der Waals surface area contributed by atoms with E-state index in [0.29, 0.717) is 10.7 Å². The Morgan fingerprint density at radius 3 is 2.50 bits per heavy atom. The topological polar surface area (TPSA) is 38.0 Å². The van der Waals surface area contributed by atoms with Crippen LogP contribution >= 0.6 is 34.2 Å². The number of benzene rings is 2. The molecule has 0 saturated heterocycles. The zero-order chi connectivity index (χ0) is 11.5. The summed E-state index contributed by atoms with van der Waals surface area (Å²) in [5.41, 5.74) is 8.28. The van der Waals surface area contributed by atoms with E-state index in [1.807, 2.05) is 42.5 Å². The Balaban J connectivity index is 2.38. The SMILES string of the molecule is Nc1cccc(Cl)c1Nc1ccccc1I. The van der Waals surface area contributed by atoms with E-state index in [1.54, 1.807) is 0 Å². The normalized spacial score (nSPS) is 10.1. The fraction of sp³-hybridized carbons (Fsp3) is 0. The van der Waals surface area contributed by atoms with E-state index >= 15 is 0 Å². The van der Waals surface area contributed by atoms with Crippen LogP contribution in [0.5, 0.6) is 0 Å². The predicted octanol–water partition coefficient (Wildman–Crippen LogP) is 4.27. The molecule has 3 N–H and O–H groups in total. The molecule has 0 aliphatic rings. The molecule has 0 aliphatic heterocycles. The van der Waals surface area contributed by atoms with Gasteiger partial charge in [-0.1, -0.05) is 29.8 Å². The van der Waals surface area contributed by atoms with Crippen molar-refractivity contribution in [2.24, 2.45) is 0 Å². The standard InChI is InChI=1S/C12H10ClIN2/c13-8-4-3-6-10(15)12(8)16-11-7-2-1-5-9(11)14/h1-7,16H,15H2. The van der Waals surface area contributed by atoms with Crippen LogP contribution in [0, 0.1) is 3.57 Å². The second-order valence-corrected chi connectivity index (χ2v) is 4.88. The molecule has 2 nitrogen and oxygen atoms in total.